The topological polar surface area (TPSA) is 141 Å². The van der Waals surface area contributed by atoms with Gasteiger partial charge in [0.05, 0.1) is 50.6 Å². The third-order valence-corrected chi connectivity index (χ3v) is 24.7. The Balaban J connectivity index is 0.000000137. The van der Waals surface area contributed by atoms with Crippen molar-refractivity contribution >= 4 is 64.1 Å². The molecule has 0 spiro atoms. The summed E-state index contributed by atoms with van der Waals surface area (Å²) in [7, 11) is 0. The Kier molecular flexibility index (Phi) is 23.5. The number of rotatable bonds is 16. The Labute approximate surface area is 653 Å². The van der Waals surface area contributed by atoms with E-state index in [1.165, 1.54) is 42.3 Å². The van der Waals surface area contributed by atoms with E-state index < -0.39 is 11.7 Å². The average Bonchev–Trinajstić information content (AvgIpc) is 1.55. The van der Waals surface area contributed by atoms with Gasteiger partial charge in [-0.3, -0.25) is 19.1 Å². The summed E-state index contributed by atoms with van der Waals surface area (Å²) in [5.41, 5.74) is 13.1. The number of halogens is 9. The van der Waals surface area contributed by atoms with Crippen molar-refractivity contribution in [2.45, 2.75) is 198 Å². The fourth-order valence-electron chi connectivity index (χ4n) is 18.0. The first-order valence-electron chi connectivity index (χ1n) is 38.3. The van der Waals surface area contributed by atoms with Crippen molar-refractivity contribution in [3.05, 3.63) is 286 Å². The molecule has 6 atom stereocenters. The van der Waals surface area contributed by atoms with Crippen LogP contribution in [0.5, 0.6) is 0 Å². The van der Waals surface area contributed by atoms with Gasteiger partial charge >= 0.3 is 6.18 Å². The van der Waals surface area contributed by atoms with Crippen LogP contribution in [0.1, 0.15) is 233 Å². The Bertz CT molecular complexity index is 4920. The molecule has 3 heterocycles. The lowest BCUT2D eigenvalue weighted by Gasteiger charge is -2.43. The molecule has 568 valence electrons. The van der Waals surface area contributed by atoms with Crippen molar-refractivity contribution in [1.29, 1.82) is 0 Å². The van der Waals surface area contributed by atoms with Gasteiger partial charge in [-0.2, -0.15) is 28.5 Å². The third kappa shape index (κ3) is 17.2. The molecule has 3 fully saturated rings. The van der Waals surface area contributed by atoms with Gasteiger partial charge in [-0.25, -0.2) is 18.1 Å². The summed E-state index contributed by atoms with van der Waals surface area (Å²) in [5, 5.41) is 26.1. The molecule has 7 aromatic carbocycles. The molecule has 16 rings (SSSR count). The molecule has 3 N–H and O–H groups in total. The van der Waals surface area contributed by atoms with Crippen LogP contribution in [0, 0.1) is 28.4 Å². The highest BCUT2D eigenvalue weighted by Gasteiger charge is 2.60. The highest BCUT2D eigenvalue weighted by Crippen LogP contribution is 2.62. The molecule has 3 aromatic heterocycles. The summed E-state index contributed by atoms with van der Waals surface area (Å²) in [6, 6.07) is 49.8. The molecule has 10 aromatic rings. The number of carbonyl (C=O) groups excluding carboxylic acids is 3. The molecule has 6 aliphatic carbocycles. The molecule has 5 unspecified atom stereocenters. The molecule has 109 heavy (non-hydrogen) atoms. The Morgan fingerprint density at radius 2 is 1.01 bits per heavy atom. The highest BCUT2D eigenvalue weighted by atomic mass is 35.5. The number of hydrogen-bond acceptors (Lipinski definition) is 6. The summed E-state index contributed by atoms with van der Waals surface area (Å²) < 4.78 is 72.2. The maximum Gasteiger partial charge on any atom is 0.416 e. The van der Waals surface area contributed by atoms with E-state index in [0.717, 1.165) is 190 Å². The molecule has 3 saturated carbocycles. The smallest absolute Gasteiger partial charge is 0.348 e. The largest absolute Gasteiger partial charge is 0.416 e. The van der Waals surface area contributed by atoms with Crippen molar-refractivity contribution < 1.29 is 36.3 Å². The second kappa shape index (κ2) is 33.1. The van der Waals surface area contributed by atoms with Crippen LogP contribution in [-0.2, 0) is 51.4 Å². The number of alkyl halides is 3. The molecule has 3 amide bonds. The number of nitrogens with one attached hydrogen (secondary N) is 3. The van der Waals surface area contributed by atoms with E-state index in [9.17, 15) is 36.3 Å². The second-order valence-electron chi connectivity index (χ2n) is 31.4. The van der Waals surface area contributed by atoms with E-state index in [0.29, 0.717) is 60.9 Å². The summed E-state index contributed by atoms with van der Waals surface area (Å²) in [5.74, 6) is -0.0541. The normalized spacial score (nSPS) is 20.6. The lowest BCUT2D eigenvalue weighted by molar-refractivity contribution is -0.137. The Morgan fingerprint density at radius 3 is 1.51 bits per heavy atom. The van der Waals surface area contributed by atoms with Gasteiger partial charge in [-0.1, -0.05) is 183 Å². The van der Waals surface area contributed by atoms with Gasteiger partial charge in [0.1, 0.15) is 11.6 Å². The Morgan fingerprint density at radius 1 is 0.505 bits per heavy atom. The minimum Gasteiger partial charge on any atom is -0.348 e. The zero-order chi connectivity index (χ0) is 76.3. The first-order chi connectivity index (χ1) is 52.5. The standard InChI is InChI=1S/C32H36Cl2FN3O.C30H28F3N3O.C26H26Cl2FN3O/c1-31(2)21-14-15-32(3,18-21)30(31)36-29(39)27-24-7-5-4-6-20(16-19-8-11-23(35)12-9-19)28(24)38(37-27)26-13-10-22(33)17-25(26)34;31-30(32,33)24-15-9-12-22(18-24)19-34-29(37)27-26-17-8-7-16-25(23-13-5-2-6-14-23)28(26)36(35-27)20-21-10-3-1-4-11-21;27-18-10-13-23(22(28)15-18)32-25-17(14-16-8-11-19(29)12-9-16)4-1-2-7-21(25)24(31-32)26(33)30-20-5-3-6-20/h8-13,17,20-21,30H,4-7,14-16,18H2,1-3H3,(H,36,39);1-6,9-15,18,25H,7-8,16-17,19-20H2,(H,34,37);8-13,15,17,20H,1-7,14H2,(H,30,33)/t20?,21?,30-,32?;;/m1../s1. The average molecular weight is 1560 g/mol. The summed E-state index contributed by atoms with van der Waals surface area (Å²) >= 11 is 25.7. The van der Waals surface area contributed by atoms with Crippen LogP contribution < -0.4 is 16.0 Å². The van der Waals surface area contributed by atoms with E-state index in [-0.39, 0.29) is 76.6 Å². The molecule has 2 bridgehead atoms. The number of benzene rings is 7. The maximum atomic E-state index is 14.1. The predicted molar refractivity (Wildman–Crippen MR) is 420 cm³/mol. The fraction of sp³-hybridized carbons (Fsp3) is 0.386. The molecule has 6 aliphatic rings. The number of amides is 3. The van der Waals surface area contributed by atoms with Gasteiger partial charge in [-0.15, -0.1) is 0 Å². The van der Waals surface area contributed by atoms with Crippen LogP contribution in [0.2, 0.25) is 20.1 Å². The third-order valence-electron chi connectivity index (χ3n) is 23.7. The van der Waals surface area contributed by atoms with Crippen LogP contribution in [0.15, 0.2) is 170 Å². The molecular formula is C88H90Cl4F5N9O3. The first-order valence-corrected chi connectivity index (χ1v) is 39.8. The van der Waals surface area contributed by atoms with Gasteiger partial charge in [0.25, 0.3) is 17.7 Å². The second-order valence-corrected chi connectivity index (χ2v) is 33.0. The fourth-order valence-corrected chi connectivity index (χ4v) is 18.9. The summed E-state index contributed by atoms with van der Waals surface area (Å²) in [6.45, 7) is 7.47. The van der Waals surface area contributed by atoms with Gasteiger partial charge < -0.3 is 16.0 Å². The summed E-state index contributed by atoms with van der Waals surface area (Å²) in [4.78, 5) is 40.7. The highest BCUT2D eigenvalue weighted by molar-refractivity contribution is 6.36. The molecule has 12 nitrogen and oxygen atoms in total. The van der Waals surface area contributed by atoms with Gasteiger partial charge in [0.15, 0.2) is 17.1 Å². The van der Waals surface area contributed by atoms with Crippen molar-refractivity contribution in [3.63, 3.8) is 0 Å². The van der Waals surface area contributed by atoms with E-state index in [1.54, 1.807) is 30.3 Å². The molecular weight excluding hydrogens is 1470 g/mol. The SMILES string of the molecule is CC12CCC(C1)C(C)(C)[C@H]2NC(=O)c1nn(-c2ccc(Cl)cc2Cl)c2c1CCCCC2Cc1ccc(F)cc1.O=C(NC1CCC1)c1nn(-c2ccc(Cl)cc2Cl)c2c1CCCCC2Cc1ccc(F)cc1.O=C(NCc1cccc(C(F)(F)F)c1)c1nn(Cc2ccccc2)c2c1CCCCC2c1ccccc1. The Hall–Kier alpha value is -8.61. The zero-order valence-electron chi connectivity index (χ0n) is 61.5. The minimum atomic E-state index is -4.43. The van der Waals surface area contributed by atoms with E-state index >= 15 is 0 Å². The van der Waals surface area contributed by atoms with Crippen molar-refractivity contribution in [2.75, 3.05) is 0 Å². The minimum absolute atomic E-state index is 0.00874. The summed E-state index contributed by atoms with van der Waals surface area (Å²) in [6.07, 6.45) is 15.1. The molecule has 0 saturated heterocycles. The van der Waals surface area contributed by atoms with Crippen molar-refractivity contribution in [3.8, 4) is 11.4 Å². The number of nitrogens with zero attached hydrogens (tertiary/aromatic N) is 6. The number of fused-ring (bicyclic) bond motifs is 5. The van der Waals surface area contributed by atoms with Gasteiger partial charge in [0.2, 0.25) is 0 Å². The number of carbonyl (C=O) groups is 3. The predicted octanol–water partition coefficient (Wildman–Crippen LogP) is 21.7. The van der Waals surface area contributed by atoms with Crippen LogP contribution >= 0.6 is 46.4 Å². The molecule has 0 radical (unpaired) electrons. The molecule has 21 heteroatoms. The van der Waals surface area contributed by atoms with Crippen molar-refractivity contribution in [2.24, 2.45) is 16.7 Å². The van der Waals surface area contributed by atoms with E-state index in [2.05, 4.69) is 48.9 Å². The maximum absolute atomic E-state index is 14.1. The zero-order valence-corrected chi connectivity index (χ0v) is 64.5. The van der Waals surface area contributed by atoms with Crippen LogP contribution in [0.4, 0.5) is 22.0 Å². The lowest BCUT2D eigenvalue weighted by atomic mass is 9.68. The number of hydrogen-bond donors (Lipinski definition) is 3. The van der Waals surface area contributed by atoms with Crippen molar-refractivity contribution in [1.82, 2.24) is 45.3 Å². The van der Waals surface area contributed by atoms with Crippen LogP contribution in [0.25, 0.3) is 11.4 Å². The van der Waals surface area contributed by atoms with E-state index in [4.69, 9.17) is 61.7 Å². The molecule has 0 aliphatic heterocycles. The van der Waals surface area contributed by atoms with Gasteiger partial charge in [0, 0.05) is 63.1 Å². The quantitative estimate of drug-likeness (QED) is 0.0650. The monoisotopic (exact) mass is 1560 g/mol. The van der Waals surface area contributed by atoms with E-state index in [1.807, 2.05) is 99.0 Å². The lowest BCUT2D eigenvalue weighted by Crippen LogP contribution is -2.52. The number of aromatic nitrogens is 6. The van der Waals surface area contributed by atoms with Gasteiger partial charge in [-0.05, 0) is 227 Å². The van der Waals surface area contributed by atoms with Crippen LogP contribution in [0.3, 0.4) is 0 Å². The first kappa shape index (κ1) is 77.1. The van der Waals surface area contributed by atoms with Crippen LogP contribution in [-0.4, -0.2) is 59.1 Å².